The summed E-state index contributed by atoms with van der Waals surface area (Å²) in [6.07, 6.45) is 1.82. The van der Waals surface area contributed by atoms with E-state index in [0.29, 0.717) is 18.0 Å². The Morgan fingerprint density at radius 3 is 2.68 bits per heavy atom. The van der Waals surface area contributed by atoms with Gasteiger partial charge in [0.15, 0.2) is 0 Å². The van der Waals surface area contributed by atoms with Gasteiger partial charge in [-0.2, -0.15) is 5.26 Å². The van der Waals surface area contributed by atoms with E-state index in [2.05, 4.69) is 47.2 Å². The van der Waals surface area contributed by atoms with Gasteiger partial charge in [-0.05, 0) is 48.4 Å². The first-order valence-electron chi connectivity index (χ1n) is 9.06. The molecule has 0 aliphatic rings. The molecule has 0 amide bonds. The third-order valence-corrected chi connectivity index (χ3v) is 4.46. The van der Waals surface area contributed by atoms with Gasteiger partial charge in [-0.3, -0.25) is 0 Å². The molecule has 0 atom stereocenters. The number of aromatic nitrogens is 2. The average molecular weight is 365 g/mol. The SMILES string of the molecule is Cc1ccc(COc2cccc(/C=C(\C#N)c3nc4ccccc4[nH]3)c2)cc1. The number of ether oxygens (including phenoxy) is 1. The molecule has 4 rings (SSSR count). The van der Waals surface area contributed by atoms with Gasteiger partial charge in [0.25, 0.3) is 0 Å². The van der Waals surface area contributed by atoms with Crippen LogP contribution in [0.5, 0.6) is 5.75 Å². The van der Waals surface area contributed by atoms with Gasteiger partial charge in [-0.1, -0.05) is 54.1 Å². The predicted molar refractivity (Wildman–Crippen MR) is 112 cm³/mol. The summed E-state index contributed by atoms with van der Waals surface area (Å²) in [7, 11) is 0. The number of nitrogens with one attached hydrogen (secondary N) is 1. The van der Waals surface area contributed by atoms with E-state index in [1.165, 1.54) is 5.56 Å². The normalized spacial score (nSPS) is 11.4. The van der Waals surface area contributed by atoms with E-state index in [9.17, 15) is 5.26 Å². The summed E-state index contributed by atoms with van der Waals surface area (Å²) in [5, 5.41) is 9.60. The van der Waals surface area contributed by atoms with Gasteiger partial charge in [0.1, 0.15) is 24.3 Å². The lowest BCUT2D eigenvalue weighted by molar-refractivity contribution is 0.306. The molecule has 1 heterocycles. The van der Waals surface area contributed by atoms with E-state index in [1.807, 2.05) is 54.6 Å². The highest BCUT2D eigenvalue weighted by atomic mass is 16.5. The van der Waals surface area contributed by atoms with Gasteiger partial charge in [-0.15, -0.1) is 0 Å². The standard InChI is InChI=1S/C24H19N3O/c1-17-9-11-18(12-10-17)16-28-21-6-4-5-19(14-21)13-20(15-25)24-26-22-7-2-3-8-23(22)27-24/h2-14H,16H2,1H3,(H,26,27)/b20-13+. The molecule has 0 bridgehead atoms. The van der Waals surface area contributed by atoms with E-state index in [4.69, 9.17) is 4.74 Å². The number of fused-ring (bicyclic) bond motifs is 1. The number of nitrogens with zero attached hydrogens (tertiary/aromatic N) is 2. The van der Waals surface area contributed by atoms with Crippen LogP contribution >= 0.6 is 0 Å². The number of benzene rings is 3. The van der Waals surface area contributed by atoms with Crippen LogP contribution in [0.25, 0.3) is 22.7 Å². The maximum absolute atomic E-state index is 9.60. The Kier molecular flexibility index (Phi) is 4.90. The summed E-state index contributed by atoms with van der Waals surface area (Å²) < 4.78 is 5.91. The molecule has 0 saturated carbocycles. The van der Waals surface area contributed by atoms with Crippen LogP contribution in [0.4, 0.5) is 0 Å². The molecule has 4 nitrogen and oxygen atoms in total. The Labute approximate surface area is 163 Å². The van der Waals surface area contributed by atoms with E-state index in [1.54, 1.807) is 0 Å². The summed E-state index contributed by atoms with van der Waals surface area (Å²) in [5.41, 5.74) is 5.46. The number of para-hydroxylation sites is 2. The number of nitriles is 1. The van der Waals surface area contributed by atoms with Crippen molar-refractivity contribution in [3.8, 4) is 11.8 Å². The van der Waals surface area contributed by atoms with Gasteiger partial charge in [-0.25, -0.2) is 4.98 Å². The molecule has 3 aromatic carbocycles. The molecule has 4 aromatic rings. The van der Waals surface area contributed by atoms with Gasteiger partial charge in [0.05, 0.1) is 16.6 Å². The quantitative estimate of drug-likeness (QED) is 0.474. The summed E-state index contributed by atoms with van der Waals surface area (Å²) in [6.45, 7) is 2.57. The molecule has 0 radical (unpaired) electrons. The number of hydrogen-bond donors (Lipinski definition) is 1. The molecule has 0 aliphatic heterocycles. The fourth-order valence-corrected chi connectivity index (χ4v) is 2.95. The molecule has 1 aromatic heterocycles. The smallest absolute Gasteiger partial charge is 0.149 e. The first-order valence-corrected chi connectivity index (χ1v) is 9.06. The molecule has 0 fully saturated rings. The molecular formula is C24H19N3O. The third kappa shape index (κ3) is 3.94. The largest absolute Gasteiger partial charge is 0.489 e. The van der Waals surface area contributed by atoms with Crippen LogP contribution in [-0.4, -0.2) is 9.97 Å². The van der Waals surface area contributed by atoms with E-state index >= 15 is 0 Å². The number of H-pyrrole nitrogens is 1. The lowest BCUT2D eigenvalue weighted by Gasteiger charge is -2.07. The number of aryl methyl sites for hydroxylation is 1. The Morgan fingerprint density at radius 2 is 1.89 bits per heavy atom. The minimum absolute atomic E-state index is 0.479. The van der Waals surface area contributed by atoms with E-state index < -0.39 is 0 Å². The lowest BCUT2D eigenvalue weighted by atomic mass is 10.1. The molecule has 0 unspecified atom stereocenters. The summed E-state index contributed by atoms with van der Waals surface area (Å²) in [5.74, 6) is 1.32. The molecule has 28 heavy (non-hydrogen) atoms. The van der Waals surface area contributed by atoms with Crippen LogP contribution < -0.4 is 4.74 Å². The number of hydrogen-bond acceptors (Lipinski definition) is 3. The Balaban J connectivity index is 1.55. The zero-order chi connectivity index (χ0) is 19.3. The van der Waals surface area contributed by atoms with Crippen molar-refractivity contribution < 1.29 is 4.74 Å². The fraction of sp³-hybridized carbons (Fsp3) is 0.0833. The maximum atomic E-state index is 9.60. The van der Waals surface area contributed by atoms with Crippen LogP contribution in [0.1, 0.15) is 22.5 Å². The van der Waals surface area contributed by atoms with Crippen LogP contribution in [-0.2, 0) is 6.61 Å². The molecule has 136 valence electrons. The second-order valence-electron chi connectivity index (χ2n) is 6.62. The zero-order valence-corrected chi connectivity index (χ0v) is 15.5. The molecule has 0 saturated heterocycles. The molecule has 1 N–H and O–H groups in total. The van der Waals surface area contributed by atoms with E-state index in [-0.39, 0.29) is 0 Å². The summed E-state index contributed by atoms with van der Waals surface area (Å²) in [6, 6.07) is 25.9. The highest BCUT2D eigenvalue weighted by Gasteiger charge is 2.08. The second kappa shape index (κ2) is 7.81. The molecule has 0 aliphatic carbocycles. The Morgan fingerprint density at radius 1 is 1.07 bits per heavy atom. The van der Waals surface area contributed by atoms with Crippen molar-refractivity contribution >= 4 is 22.7 Å². The summed E-state index contributed by atoms with van der Waals surface area (Å²) in [4.78, 5) is 7.71. The van der Waals surface area contributed by atoms with Crippen molar-refractivity contribution in [2.24, 2.45) is 0 Å². The van der Waals surface area contributed by atoms with Crippen molar-refractivity contribution in [2.75, 3.05) is 0 Å². The molecular weight excluding hydrogens is 346 g/mol. The first-order chi connectivity index (χ1) is 13.7. The van der Waals surface area contributed by atoms with Crippen molar-refractivity contribution in [3.63, 3.8) is 0 Å². The highest BCUT2D eigenvalue weighted by molar-refractivity contribution is 5.90. The topological polar surface area (TPSA) is 61.7 Å². The van der Waals surface area contributed by atoms with Gasteiger partial charge < -0.3 is 9.72 Å². The van der Waals surface area contributed by atoms with Crippen molar-refractivity contribution in [1.29, 1.82) is 5.26 Å². The van der Waals surface area contributed by atoms with Crippen molar-refractivity contribution in [3.05, 3.63) is 95.3 Å². The number of allylic oxidation sites excluding steroid dienone is 1. The van der Waals surface area contributed by atoms with Gasteiger partial charge >= 0.3 is 0 Å². The van der Waals surface area contributed by atoms with Crippen molar-refractivity contribution in [2.45, 2.75) is 13.5 Å². The fourth-order valence-electron chi connectivity index (χ4n) is 2.95. The van der Waals surface area contributed by atoms with Gasteiger partial charge in [0.2, 0.25) is 0 Å². The van der Waals surface area contributed by atoms with E-state index in [0.717, 1.165) is 27.9 Å². The number of rotatable bonds is 5. The summed E-state index contributed by atoms with van der Waals surface area (Å²) >= 11 is 0. The minimum atomic E-state index is 0.479. The average Bonchev–Trinajstić information content (AvgIpc) is 3.16. The van der Waals surface area contributed by atoms with Gasteiger partial charge in [0, 0.05) is 0 Å². The minimum Gasteiger partial charge on any atom is -0.489 e. The van der Waals surface area contributed by atoms with Crippen molar-refractivity contribution in [1.82, 2.24) is 9.97 Å². The monoisotopic (exact) mass is 365 g/mol. The van der Waals surface area contributed by atoms with Crippen LogP contribution in [0.15, 0.2) is 72.8 Å². The van der Waals surface area contributed by atoms with Crippen LogP contribution in [0, 0.1) is 18.3 Å². The number of imidazole rings is 1. The van der Waals surface area contributed by atoms with Crippen LogP contribution in [0.2, 0.25) is 0 Å². The lowest BCUT2D eigenvalue weighted by Crippen LogP contribution is -1.95. The Hall–Kier alpha value is -3.84. The zero-order valence-electron chi connectivity index (χ0n) is 15.5. The number of aromatic amines is 1. The second-order valence-corrected chi connectivity index (χ2v) is 6.62. The maximum Gasteiger partial charge on any atom is 0.149 e. The predicted octanol–water partition coefficient (Wildman–Crippen LogP) is 5.51. The van der Waals surface area contributed by atoms with Crippen LogP contribution in [0.3, 0.4) is 0 Å². The highest BCUT2D eigenvalue weighted by Crippen LogP contribution is 2.22. The molecule has 0 spiro atoms. The molecule has 4 heteroatoms. The third-order valence-electron chi connectivity index (χ3n) is 4.46. The Bertz CT molecular complexity index is 1150. The first kappa shape index (κ1) is 17.6.